The highest BCUT2D eigenvalue weighted by Gasteiger charge is 2.34. The van der Waals surface area contributed by atoms with Crippen molar-refractivity contribution in [1.29, 1.82) is 0 Å². The second kappa shape index (κ2) is 50.2. The van der Waals surface area contributed by atoms with Gasteiger partial charge in [0.2, 0.25) is 0 Å². The zero-order valence-corrected chi connectivity index (χ0v) is 80.6. The Morgan fingerprint density at radius 2 is 0.445 bits per heavy atom. The first kappa shape index (κ1) is 106. The van der Waals surface area contributed by atoms with Gasteiger partial charge in [0.1, 0.15) is 28.8 Å². The Kier molecular flexibility index (Phi) is 38.9. The summed E-state index contributed by atoms with van der Waals surface area (Å²) in [6, 6.07) is 131. The third-order valence-electron chi connectivity index (χ3n) is 20.5. The molecule has 0 saturated heterocycles. The van der Waals surface area contributed by atoms with E-state index in [0.29, 0.717) is 17.8 Å². The van der Waals surface area contributed by atoms with Crippen LogP contribution in [0.5, 0.6) is 0 Å². The molecule has 0 unspecified atom stereocenters. The summed E-state index contributed by atoms with van der Waals surface area (Å²) in [5.74, 6) is -17.6. The van der Waals surface area contributed by atoms with E-state index in [1.54, 1.807) is 13.0 Å². The zero-order chi connectivity index (χ0) is 99.8. The van der Waals surface area contributed by atoms with E-state index in [4.69, 9.17) is 17.2 Å². The van der Waals surface area contributed by atoms with E-state index in [2.05, 4.69) is 415 Å². The predicted octanol–water partition coefficient (Wildman–Crippen LogP) is 23.1. The molecule has 137 heavy (non-hydrogen) atoms. The lowest BCUT2D eigenvalue weighted by atomic mass is 9.87. The number of carbonyl (C=O) groups excluding carboxylic acids is 4. The van der Waals surface area contributed by atoms with Crippen LogP contribution >= 0.6 is 0 Å². The fourth-order valence-electron chi connectivity index (χ4n) is 13.0. The molecule has 0 heterocycles. The molecule has 8 N–H and O–H groups in total. The maximum atomic E-state index is 12.7. The van der Waals surface area contributed by atoms with Gasteiger partial charge in [-0.2, -0.15) is 0 Å². The highest BCUT2D eigenvalue weighted by molar-refractivity contribution is 7.98. The van der Waals surface area contributed by atoms with Gasteiger partial charge in [0, 0.05) is 16.8 Å². The Labute approximate surface area is 808 Å². The topological polar surface area (TPSA) is 265 Å². The largest absolute Gasteiger partial charge is 0.545 e. The Bertz CT molecular complexity index is 6010. The number of aryl methyl sites for hydroxylation is 2. The lowest BCUT2D eigenvalue weighted by molar-refractivity contribution is -0.256. The quantitative estimate of drug-likeness (QED) is 0.0305. The second-order valence-corrected chi connectivity index (χ2v) is 41.8. The Morgan fingerprint density at radius 1 is 0.234 bits per heavy atom. The molecule has 0 saturated carbocycles. The molecule has 0 radical (unpaired) electrons. The monoisotopic (exact) mass is 1920 g/mol. The molecular weight excluding hydrogens is 1810 g/mol. The molecule has 0 bridgehead atoms. The summed E-state index contributed by atoms with van der Waals surface area (Å²) in [4.78, 5) is 57.1. The van der Waals surface area contributed by atoms with Gasteiger partial charge in [0.05, 0.1) is 78.7 Å². The van der Waals surface area contributed by atoms with E-state index in [1.807, 2.05) is 0 Å². The summed E-state index contributed by atoms with van der Waals surface area (Å²) < 4.78 is 88.1. The number of halogens is 7. The number of benzene rings is 16. The zero-order valence-electron chi connectivity index (χ0n) is 77.3. The molecule has 16 rings (SSSR count). The SMILES string of the molecule is CC(C)(C)c1ccc([S+](c2ccc(C(C)(C)C)cc2)c2ccc(C(C)(C)C)cc2)cc1.Cc1cc(C(=O)[O-])ccc1N.Cc1ccc([S+](c2ccccc2)c2ccccc2)cc1.Nc1c(F)c(F)c(C(=O)[O-])c(F)c1F.Nc1c(F)cc(C(=O)[O-])cc1F.Nc1ccc(C(=O)[O-])cc1F.c1ccc([S+](c2ccccc2)c2ccccc2)cc1.c1ccc([S+](c2ccccc2)c2ccccc2)cc1. The summed E-state index contributed by atoms with van der Waals surface area (Å²) in [6.07, 6.45) is 0. The van der Waals surface area contributed by atoms with Crippen molar-refractivity contribution in [2.75, 3.05) is 22.9 Å². The van der Waals surface area contributed by atoms with Crippen LogP contribution in [0.15, 0.2) is 447 Å². The van der Waals surface area contributed by atoms with Gasteiger partial charge in [-0.25, -0.2) is 30.7 Å². The third kappa shape index (κ3) is 30.8. The lowest BCUT2D eigenvalue weighted by Gasteiger charge is -2.21. The highest BCUT2D eigenvalue weighted by atomic mass is 32.2. The number of carboxylic acids is 4. The van der Waals surface area contributed by atoms with Gasteiger partial charge in [-0.05, 0) is 240 Å². The molecule has 0 atom stereocenters. The number of hydrogen-bond donors (Lipinski definition) is 4. The first-order valence-corrected chi connectivity index (χ1v) is 47.9. The van der Waals surface area contributed by atoms with Crippen molar-refractivity contribution in [2.45, 2.75) is 151 Å². The average molecular weight is 1920 g/mol. The van der Waals surface area contributed by atoms with Gasteiger partial charge in [0.25, 0.3) is 0 Å². The van der Waals surface area contributed by atoms with Crippen LogP contribution in [0.4, 0.5) is 53.5 Å². The Hall–Kier alpha value is -14.5. The molecule has 0 amide bonds. The molecule has 0 aliphatic carbocycles. The molecule has 12 nitrogen and oxygen atoms in total. The average Bonchev–Trinajstić information content (AvgIpc) is 0.769. The fraction of sp³-hybridized carbons (Fsp3) is 0.123. The minimum absolute atomic E-state index is 0.0146. The summed E-state index contributed by atoms with van der Waals surface area (Å²) >= 11 is 0. The molecule has 0 spiro atoms. The molecular formula is C114H105F7N4O8S4. The Balaban J connectivity index is 0.000000180. The maximum Gasteiger partial charge on any atom is 0.185 e. The van der Waals surface area contributed by atoms with Crippen LogP contribution in [0.3, 0.4) is 0 Å². The number of carbonyl (C=O) groups is 4. The van der Waals surface area contributed by atoms with Crippen LogP contribution in [-0.2, 0) is 59.8 Å². The van der Waals surface area contributed by atoms with E-state index in [0.717, 1.165) is 11.6 Å². The molecule has 16 aromatic carbocycles. The van der Waals surface area contributed by atoms with Gasteiger partial charge < -0.3 is 62.5 Å². The summed E-state index contributed by atoms with van der Waals surface area (Å²) in [6.45, 7) is 24.4. The minimum Gasteiger partial charge on any atom is -0.545 e. The van der Waals surface area contributed by atoms with E-state index >= 15 is 0 Å². The van der Waals surface area contributed by atoms with Crippen LogP contribution in [0, 0.1) is 54.6 Å². The van der Waals surface area contributed by atoms with Crippen molar-refractivity contribution in [3.63, 3.8) is 0 Å². The van der Waals surface area contributed by atoms with Crippen LogP contribution in [-0.4, -0.2) is 23.9 Å². The maximum absolute atomic E-state index is 12.7. The second-order valence-electron chi connectivity index (χ2n) is 33.7. The number of nitrogens with two attached hydrogens (primary N) is 4. The lowest BCUT2D eigenvalue weighted by Crippen LogP contribution is -2.26. The van der Waals surface area contributed by atoms with Crippen molar-refractivity contribution in [1.82, 2.24) is 0 Å². The number of hydrogen-bond acceptors (Lipinski definition) is 12. The van der Waals surface area contributed by atoms with Crippen molar-refractivity contribution in [3.05, 3.63) is 479 Å². The molecule has 16 aromatic rings. The van der Waals surface area contributed by atoms with E-state index in [1.165, 1.54) is 105 Å². The first-order chi connectivity index (χ1) is 65.1. The number of carboxylic acid groups (broad SMARTS) is 4. The van der Waals surface area contributed by atoms with Crippen LogP contribution < -0.4 is 43.4 Å². The molecule has 0 aliphatic rings. The van der Waals surface area contributed by atoms with E-state index in [-0.39, 0.29) is 76.6 Å². The third-order valence-corrected chi connectivity index (χ3v) is 29.4. The summed E-state index contributed by atoms with van der Waals surface area (Å²) in [5, 5.41) is 40.7. The molecule has 0 fully saturated rings. The number of rotatable bonds is 16. The van der Waals surface area contributed by atoms with Crippen molar-refractivity contribution < 1.29 is 70.3 Å². The van der Waals surface area contributed by atoms with Crippen molar-refractivity contribution in [3.8, 4) is 0 Å². The van der Waals surface area contributed by atoms with E-state index < -0.39 is 87.1 Å². The Morgan fingerprint density at radius 3 is 0.657 bits per heavy atom. The van der Waals surface area contributed by atoms with Gasteiger partial charge in [-0.3, -0.25) is 0 Å². The predicted molar refractivity (Wildman–Crippen MR) is 532 cm³/mol. The smallest absolute Gasteiger partial charge is 0.185 e. The van der Waals surface area contributed by atoms with Crippen LogP contribution in [0.1, 0.15) is 132 Å². The molecule has 23 heteroatoms. The number of aromatic carboxylic acids is 4. The van der Waals surface area contributed by atoms with Crippen molar-refractivity contribution in [2.24, 2.45) is 0 Å². The van der Waals surface area contributed by atoms with Gasteiger partial charge in [0.15, 0.2) is 82.0 Å². The fourth-order valence-corrected chi connectivity index (χ4v) is 21.4. The minimum atomic E-state index is -2.36. The van der Waals surface area contributed by atoms with Gasteiger partial charge in [-0.1, -0.05) is 274 Å². The molecule has 702 valence electrons. The summed E-state index contributed by atoms with van der Waals surface area (Å²) in [7, 11) is -0.172. The first-order valence-electron chi connectivity index (χ1n) is 43.0. The van der Waals surface area contributed by atoms with Crippen LogP contribution in [0.2, 0.25) is 0 Å². The number of anilines is 4. The van der Waals surface area contributed by atoms with Gasteiger partial charge >= 0.3 is 0 Å². The normalized spacial score (nSPS) is 10.9. The van der Waals surface area contributed by atoms with Crippen molar-refractivity contribution >= 4 is 90.2 Å². The molecule has 0 aromatic heterocycles. The van der Waals surface area contributed by atoms with Crippen LogP contribution in [0.25, 0.3) is 0 Å². The summed E-state index contributed by atoms with van der Waals surface area (Å²) in [5.41, 5.74) is 22.8. The molecule has 0 aliphatic heterocycles. The van der Waals surface area contributed by atoms with Gasteiger partial charge in [-0.15, -0.1) is 0 Å². The van der Waals surface area contributed by atoms with E-state index in [9.17, 15) is 70.3 Å². The number of nitrogen functional groups attached to an aromatic ring is 4. The highest BCUT2D eigenvalue weighted by Crippen LogP contribution is 2.39. The standard InChI is InChI=1S/C30H39S.C19H17S.2C18H15S.C8H9NO2.C7H3F4NO2.C7H5F2NO2.C7H6FNO2/c1-28(2,3)22-10-16-25(17-11-22)31(26-18-12-23(13-19-26)29(4,5)6)27-20-14-24(15-21-27)30(7,8)9;1-16-12-14-19(15-13-16)20(17-8-4-2-5-9-17)18-10-6-3-7-11-18;2*1-4-10-16(11-5-1)19(17-12-6-2-7-13-17)18-14-8-3-9-15-18;1-5-4-6(8(10)11)2-3-7(5)9;8-2-1(7(13)14)3(9)5(11)6(12)4(2)10;8-4-1-3(7(11)12)2-5(9)6(4)10;8-5-3-4(7(10)11)1-2-6(5)9/h10-21H,1-9H3;2-15H,1H3;2*1-15H;2-4H,9H2,1H3,(H,10,11);12H2,(H,13,14);1-2H,10H2,(H,11,12);1-3H,9H2,(H,10,11)/q4*+1;;;;/p-4.